The first-order valence-electron chi connectivity index (χ1n) is 10.2. The van der Waals surface area contributed by atoms with Gasteiger partial charge < -0.3 is 14.5 Å². The molecular formula is C23H23F3N4O2. The number of hydrogen-bond donors (Lipinski definition) is 0. The van der Waals surface area contributed by atoms with Gasteiger partial charge in [0, 0.05) is 44.1 Å². The Morgan fingerprint density at radius 2 is 1.62 bits per heavy atom. The Morgan fingerprint density at radius 3 is 2.22 bits per heavy atom. The molecule has 168 valence electrons. The standard InChI is InChI=1S/C23H23F3N4O2/c1-28(16-17-2-6-19(7-3-17)29-12-14-32-15-13-29)22(31)18-4-8-20(9-5-18)30-11-10-21(27-30)23(24,25)26/h2-11H,12-16H2,1H3. The van der Waals surface area contributed by atoms with E-state index in [9.17, 15) is 18.0 Å². The highest BCUT2D eigenvalue weighted by atomic mass is 19.4. The number of carbonyl (C=O) groups excluding carboxylic acids is 1. The summed E-state index contributed by atoms with van der Waals surface area (Å²) in [5, 5.41) is 3.54. The number of nitrogens with zero attached hydrogens (tertiary/aromatic N) is 4. The van der Waals surface area contributed by atoms with Crippen LogP contribution >= 0.6 is 0 Å². The summed E-state index contributed by atoms with van der Waals surface area (Å²) in [7, 11) is 1.72. The fourth-order valence-corrected chi connectivity index (χ4v) is 3.58. The van der Waals surface area contributed by atoms with Gasteiger partial charge in [-0.05, 0) is 48.0 Å². The Balaban J connectivity index is 1.39. The van der Waals surface area contributed by atoms with E-state index in [1.165, 1.54) is 6.20 Å². The van der Waals surface area contributed by atoms with Crippen LogP contribution in [0.1, 0.15) is 21.6 Å². The minimum absolute atomic E-state index is 0.176. The molecular weight excluding hydrogens is 421 g/mol. The summed E-state index contributed by atoms with van der Waals surface area (Å²) in [5.41, 5.74) is 2.07. The van der Waals surface area contributed by atoms with Crippen LogP contribution in [0, 0.1) is 0 Å². The van der Waals surface area contributed by atoms with E-state index in [4.69, 9.17) is 4.74 Å². The molecule has 0 N–H and O–H groups in total. The smallest absolute Gasteiger partial charge is 0.378 e. The van der Waals surface area contributed by atoms with Crippen molar-refractivity contribution in [1.29, 1.82) is 0 Å². The van der Waals surface area contributed by atoms with E-state index >= 15 is 0 Å². The van der Waals surface area contributed by atoms with Crippen LogP contribution in [0.2, 0.25) is 0 Å². The summed E-state index contributed by atoms with van der Waals surface area (Å²) in [5.74, 6) is -0.176. The predicted molar refractivity (Wildman–Crippen MR) is 114 cm³/mol. The lowest BCUT2D eigenvalue weighted by atomic mass is 10.1. The lowest BCUT2D eigenvalue weighted by Crippen LogP contribution is -2.36. The molecule has 4 rings (SSSR count). The van der Waals surface area contributed by atoms with Gasteiger partial charge in [0.1, 0.15) is 0 Å². The molecule has 0 spiro atoms. The number of ether oxygens (including phenoxy) is 1. The normalized spacial score (nSPS) is 14.4. The lowest BCUT2D eigenvalue weighted by molar-refractivity contribution is -0.141. The second-order valence-electron chi connectivity index (χ2n) is 7.62. The number of morpholine rings is 1. The van der Waals surface area contributed by atoms with Gasteiger partial charge in [0.25, 0.3) is 5.91 Å². The molecule has 1 saturated heterocycles. The zero-order valence-corrected chi connectivity index (χ0v) is 17.5. The van der Waals surface area contributed by atoms with Gasteiger partial charge in [-0.1, -0.05) is 12.1 Å². The highest BCUT2D eigenvalue weighted by Gasteiger charge is 2.33. The Hall–Kier alpha value is -3.33. The second-order valence-corrected chi connectivity index (χ2v) is 7.62. The average molecular weight is 444 g/mol. The van der Waals surface area contributed by atoms with Gasteiger partial charge in [0.15, 0.2) is 5.69 Å². The summed E-state index contributed by atoms with van der Waals surface area (Å²) in [6.45, 7) is 3.62. The summed E-state index contributed by atoms with van der Waals surface area (Å²) >= 11 is 0. The van der Waals surface area contributed by atoms with Gasteiger partial charge in [0.05, 0.1) is 18.9 Å². The molecule has 3 aromatic rings. The van der Waals surface area contributed by atoms with Crippen LogP contribution in [0.3, 0.4) is 0 Å². The van der Waals surface area contributed by atoms with Gasteiger partial charge in [-0.15, -0.1) is 0 Å². The minimum atomic E-state index is -4.50. The van der Waals surface area contributed by atoms with Gasteiger partial charge in [-0.3, -0.25) is 4.79 Å². The van der Waals surface area contributed by atoms with Crippen LogP contribution in [-0.2, 0) is 17.5 Å². The number of halogens is 3. The highest BCUT2D eigenvalue weighted by Crippen LogP contribution is 2.28. The minimum Gasteiger partial charge on any atom is -0.378 e. The van der Waals surface area contributed by atoms with Crippen molar-refractivity contribution in [3.05, 3.63) is 77.6 Å². The van der Waals surface area contributed by atoms with Crippen LogP contribution in [0.5, 0.6) is 0 Å². The van der Waals surface area contributed by atoms with E-state index in [1.807, 2.05) is 24.3 Å². The lowest BCUT2D eigenvalue weighted by Gasteiger charge is -2.29. The van der Waals surface area contributed by atoms with Crippen molar-refractivity contribution in [2.75, 3.05) is 38.3 Å². The largest absolute Gasteiger partial charge is 0.435 e. The van der Waals surface area contributed by atoms with E-state index < -0.39 is 11.9 Å². The first kappa shape index (κ1) is 21.9. The van der Waals surface area contributed by atoms with E-state index in [-0.39, 0.29) is 5.91 Å². The van der Waals surface area contributed by atoms with E-state index in [2.05, 4.69) is 10.00 Å². The van der Waals surface area contributed by atoms with Crippen LogP contribution in [0.25, 0.3) is 5.69 Å². The molecule has 0 unspecified atom stereocenters. The summed E-state index contributed by atoms with van der Waals surface area (Å²) in [6, 6.07) is 15.4. The van der Waals surface area contributed by atoms with Gasteiger partial charge in [-0.25, -0.2) is 4.68 Å². The highest BCUT2D eigenvalue weighted by molar-refractivity contribution is 5.94. The Morgan fingerprint density at radius 1 is 1.00 bits per heavy atom. The predicted octanol–water partition coefficient (Wildman–Crippen LogP) is 4.00. The monoisotopic (exact) mass is 444 g/mol. The molecule has 32 heavy (non-hydrogen) atoms. The van der Waals surface area contributed by atoms with Gasteiger partial charge in [0.2, 0.25) is 0 Å². The Bertz CT molecular complexity index is 1060. The fourth-order valence-electron chi connectivity index (χ4n) is 3.58. The quantitative estimate of drug-likeness (QED) is 0.597. The van der Waals surface area contributed by atoms with Crippen molar-refractivity contribution < 1.29 is 22.7 Å². The molecule has 1 amide bonds. The molecule has 0 bridgehead atoms. The Kier molecular flexibility index (Phi) is 6.18. The molecule has 1 aromatic heterocycles. The number of anilines is 1. The van der Waals surface area contributed by atoms with Gasteiger partial charge >= 0.3 is 6.18 Å². The molecule has 6 nitrogen and oxygen atoms in total. The maximum atomic E-state index is 12.8. The number of amides is 1. The van der Waals surface area contributed by atoms with E-state index in [0.717, 1.165) is 48.3 Å². The second kappa shape index (κ2) is 9.04. The molecule has 9 heteroatoms. The van der Waals surface area contributed by atoms with Gasteiger partial charge in [-0.2, -0.15) is 18.3 Å². The zero-order chi connectivity index (χ0) is 22.7. The van der Waals surface area contributed by atoms with Crippen LogP contribution < -0.4 is 4.90 Å². The first-order valence-corrected chi connectivity index (χ1v) is 10.2. The number of aromatic nitrogens is 2. The number of benzene rings is 2. The molecule has 0 atom stereocenters. The zero-order valence-electron chi connectivity index (χ0n) is 17.5. The maximum absolute atomic E-state index is 12.8. The number of hydrogen-bond acceptors (Lipinski definition) is 4. The van der Waals surface area contributed by atoms with Crippen molar-refractivity contribution in [3.8, 4) is 5.69 Å². The molecule has 1 aliphatic rings. The maximum Gasteiger partial charge on any atom is 0.435 e. The molecule has 0 saturated carbocycles. The van der Waals surface area contributed by atoms with Crippen molar-refractivity contribution in [1.82, 2.24) is 14.7 Å². The number of alkyl halides is 3. The molecule has 0 radical (unpaired) electrons. The topological polar surface area (TPSA) is 50.6 Å². The van der Waals surface area contributed by atoms with E-state index in [0.29, 0.717) is 17.8 Å². The molecule has 0 aliphatic carbocycles. The van der Waals surface area contributed by atoms with Crippen LogP contribution in [-0.4, -0.2) is 53.9 Å². The Labute approximate surface area is 183 Å². The number of carbonyl (C=O) groups is 1. The number of rotatable bonds is 5. The fraction of sp³-hybridized carbons (Fsp3) is 0.304. The summed E-state index contributed by atoms with van der Waals surface area (Å²) in [4.78, 5) is 16.6. The van der Waals surface area contributed by atoms with E-state index in [1.54, 1.807) is 36.2 Å². The van der Waals surface area contributed by atoms with Crippen molar-refractivity contribution in [2.45, 2.75) is 12.7 Å². The summed E-state index contributed by atoms with van der Waals surface area (Å²) < 4.78 is 44.7. The third-order valence-corrected chi connectivity index (χ3v) is 5.34. The summed E-state index contributed by atoms with van der Waals surface area (Å²) in [6.07, 6.45) is -3.25. The molecule has 2 heterocycles. The van der Waals surface area contributed by atoms with Crippen LogP contribution in [0.4, 0.5) is 18.9 Å². The van der Waals surface area contributed by atoms with Crippen LogP contribution in [0.15, 0.2) is 60.8 Å². The average Bonchev–Trinajstić information content (AvgIpc) is 3.31. The van der Waals surface area contributed by atoms with Crippen molar-refractivity contribution >= 4 is 11.6 Å². The molecule has 2 aromatic carbocycles. The third kappa shape index (κ3) is 4.94. The SMILES string of the molecule is CN(Cc1ccc(N2CCOCC2)cc1)C(=O)c1ccc(-n2ccc(C(F)(F)F)n2)cc1. The third-order valence-electron chi connectivity index (χ3n) is 5.34. The van der Waals surface area contributed by atoms with Crippen molar-refractivity contribution in [2.24, 2.45) is 0 Å². The first-order chi connectivity index (χ1) is 15.3. The molecule has 1 fully saturated rings. The van der Waals surface area contributed by atoms with Crippen molar-refractivity contribution in [3.63, 3.8) is 0 Å². The molecule has 1 aliphatic heterocycles.